The van der Waals surface area contributed by atoms with Crippen LogP contribution in [0.4, 0.5) is 4.39 Å². The maximum absolute atomic E-state index is 12.9. The topological polar surface area (TPSA) is 72.7 Å². The first kappa shape index (κ1) is 14.1. The van der Waals surface area contributed by atoms with Gasteiger partial charge in [-0.05, 0) is 34.5 Å². The van der Waals surface area contributed by atoms with Crippen LogP contribution < -0.4 is 5.32 Å². The van der Waals surface area contributed by atoms with Crippen molar-refractivity contribution in [2.45, 2.75) is 32.4 Å². The summed E-state index contributed by atoms with van der Waals surface area (Å²) >= 11 is 0. The first-order chi connectivity index (χ1) is 9.69. The van der Waals surface area contributed by atoms with Crippen molar-refractivity contribution in [1.29, 1.82) is 0 Å². The summed E-state index contributed by atoms with van der Waals surface area (Å²) in [6.07, 6.45) is 2.50. The number of halogens is 1. The summed E-state index contributed by atoms with van der Waals surface area (Å²) in [5.41, 5.74) is 0.893. The third kappa shape index (κ3) is 3.84. The number of aromatic nitrogens is 4. The third-order valence-electron chi connectivity index (χ3n) is 2.98. The lowest BCUT2D eigenvalue weighted by Crippen LogP contribution is -2.29. The van der Waals surface area contributed by atoms with E-state index < -0.39 is 0 Å². The number of hydrogen-bond donors (Lipinski definition) is 1. The fourth-order valence-corrected chi connectivity index (χ4v) is 1.88. The van der Waals surface area contributed by atoms with Crippen molar-refractivity contribution in [3.05, 3.63) is 42.0 Å². The van der Waals surface area contributed by atoms with E-state index >= 15 is 0 Å². The number of hydrogen-bond acceptors (Lipinski definition) is 4. The monoisotopic (exact) mass is 277 g/mol. The molecule has 0 aliphatic rings. The van der Waals surface area contributed by atoms with Crippen LogP contribution >= 0.6 is 0 Å². The van der Waals surface area contributed by atoms with Crippen molar-refractivity contribution in [2.75, 3.05) is 0 Å². The number of nitrogens with one attached hydrogen (secondary N) is 1. The molecule has 1 amide bonds. The van der Waals surface area contributed by atoms with Crippen molar-refractivity contribution < 1.29 is 9.18 Å². The van der Waals surface area contributed by atoms with E-state index in [9.17, 15) is 9.18 Å². The van der Waals surface area contributed by atoms with Gasteiger partial charge < -0.3 is 5.32 Å². The third-order valence-corrected chi connectivity index (χ3v) is 2.98. The molecular formula is C13H16FN5O. The van der Waals surface area contributed by atoms with Gasteiger partial charge in [-0.1, -0.05) is 19.1 Å². The summed E-state index contributed by atoms with van der Waals surface area (Å²) in [6, 6.07) is 6.05. The molecule has 6 nitrogen and oxygen atoms in total. The molecule has 7 heteroatoms. The van der Waals surface area contributed by atoms with Gasteiger partial charge in [0.1, 0.15) is 12.1 Å². The fraction of sp³-hybridized carbons (Fsp3) is 0.385. The Kier molecular flexibility index (Phi) is 4.75. The molecule has 0 aliphatic heterocycles. The van der Waals surface area contributed by atoms with Gasteiger partial charge in [-0.3, -0.25) is 4.79 Å². The Balaban J connectivity index is 1.89. The lowest BCUT2D eigenvalue weighted by molar-refractivity contribution is -0.122. The summed E-state index contributed by atoms with van der Waals surface area (Å²) < 4.78 is 14.4. The van der Waals surface area contributed by atoms with Crippen LogP contribution in [-0.4, -0.2) is 26.1 Å². The quantitative estimate of drug-likeness (QED) is 0.867. The molecule has 0 unspecified atom stereocenters. The van der Waals surface area contributed by atoms with Crippen LogP contribution in [0.25, 0.3) is 0 Å². The summed E-state index contributed by atoms with van der Waals surface area (Å²) in [6.45, 7) is 2.40. The highest BCUT2D eigenvalue weighted by Crippen LogP contribution is 2.17. The number of tetrazole rings is 1. The van der Waals surface area contributed by atoms with E-state index in [-0.39, 0.29) is 17.8 Å². The van der Waals surface area contributed by atoms with E-state index in [2.05, 4.69) is 20.8 Å². The number of carbonyl (C=O) groups is 1. The summed E-state index contributed by atoms with van der Waals surface area (Å²) in [7, 11) is 0. The first-order valence-electron chi connectivity index (χ1n) is 6.44. The van der Waals surface area contributed by atoms with Crippen LogP contribution in [0.2, 0.25) is 0 Å². The fourth-order valence-electron chi connectivity index (χ4n) is 1.88. The summed E-state index contributed by atoms with van der Waals surface area (Å²) in [4.78, 5) is 11.9. The average molecular weight is 277 g/mol. The van der Waals surface area contributed by atoms with Crippen molar-refractivity contribution in [3.63, 3.8) is 0 Å². The van der Waals surface area contributed by atoms with Gasteiger partial charge in [0.15, 0.2) is 0 Å². The lowest BCUT2D eigenvalue weighted by atomic mass is 10.0. The molecule has 1 heterocycles. The number of amides is 1. The number of rotatable bonds is 6. The second kappa shape index (κ2) is 6.74. The Labute approximate surface area is 116 Å². The zero-order chi connectivity index (χ0) is 14.4. The second-order valence-electron chi connectivity index (χ2n) is 4.40. The molecular weight excluding hydrogens is 261 g/mol. The molecule has 2 rings (SSSR count). The van der Waals surface area contributed by atoms with E-state index in [0.717, 1.165) is 12.0 Å². The lowest BCUT2D eigenvalue weighted by Gasteiger charge is -2.17. The molecule has 1 aromatic carbocycles. The van der Waals surface area contributed by atoms with E-state index in [0.29, 0.717) is 13.0 Å². The Bertz CT molecular complexity index is 540. The van der Waals surface area contributed by atoms with Crippen LogP contribution in [-0.2, 0) is 11.3 Å². The molecule has 0 fully saturated rings. The highest BCUT2D eigenvalue weighted by molar-refractivity contribution is 5.76. The predicted molar refractivity (Wildman–Crippen MR) is 70.0 cm³/mol. The van der Waals surface area contributed by atoms with Gasteiger partial charge in [-0.15, -0.1) is 5.10 Å². The maximum atomic E-state index is 12.9. The minimum Gasteiger partial charge on any atom is -0.349 e. The average Bonchev–Trinajstić information content (AvgIpc) is 2.97. The maximum Gasteiger partial charge on any atom is 0.222 e. The molecule has 2 aromatic rings. The molecule has 1 aromatic heterocycles. The van der Waals surface area contributed by atoms with Gasteiger partial charge in [-0.2, -0.15) is 0 Å². The minimum absolute atomic E-state index is 0.0864. The zero-order valence-corrected chi connectivity index (χ0v) is 11.2. The molecule has 0 bridgehead atoms. The Hall–Kier alpha value is -2.31. The molecule has 0 saturated carbocycles. The molecule has 1 atom stereocenters. The van der Waals surface area contributed by atoms with E-state index in [4.69, 9.17) is 0 Å². The van der Waals surface area contributed by atoms with E-state index in [1.54, 1.807) is 12.1 Å². The van der Waals surface area contributed by atoms with Crippen LogP contribution in [0.3, 0.4) is 0 Å². The highest BCUT2D eigenvalue weighted by Gasteiger charge is 2.12. The second-order valence-corrected chi connectivity index (χ2v) is 4.40. The van der Waals surface area contributed by atoms with Gasteiger partial charge >= 0.3 is 0 Å². The molecule has 0 radical (unpaired) electrons. The van der Waals surface area contributed by atoms with E-state index in [1.807, 2.05) is 6.92 Å². The number of benzene rings is 1. The summed E-state index contributed by atoms with van der Waals surface area (Å²) in [5.74, 6) is -0.370. The molecule has 0 aliphatic carbocycles. The molecule has 1 N–H and O–H groups in total. The van der Waals surface area contributed by atoms with Crippen LogP contribution in [0.5, 0.6) is 0 Å². The largest absolute Gasteiger partial charge is 0.349 e. The number of nitrogens with zero attached hydrogens (tertiary/aromatic N) is 4. The molecule has 106 valence electrons. The standard InChI is InChI=1S/C13H16FN5O/c1-2-12(10-3-5-11(14)6-4-10)16-13(20)7-8-19-9-15-17-18-19/h3-6,9,12H,2,7-8H2,1H3,(H,16,20)/t12-/m0/s1. The predicted octanol–water partition coefficient (Wildman–Crippen LogP) is 1.47. The zero-order valence-electron chi connectivity index (χ0n) is 11.2. The first-order valence-corrected chi connectivity index (χ1v) is 6.44. The van der Waals surface area contributed by atoms with Crippen molar-refractivity contribution >= 4 is 5.91 Å². The molecule has 0 saturated heterocycles. The smallest absolute Gasteiger partial charge is 0.222 e. The summed E-state index contributed by atoms with van der Waals surface area (Å²) in [5, 5.41) is 13.6. The van der Waals surface area contributed by atoms with Crippen LogP contribution in [0, 0.1) is 5.82 Å². The van der Waals surface area contributed by atoms with Crippen LogP contribution in [0.1, 0.15) is 31.4 Å². The Morgan fingerprint density at radius 1 is 1.40 bits per heavy atom. The number of aryl methyl sites for hydroxylation is 1. The minimum atomic E-state index is -0.284. The highest BCUT2D eigenvalue weighted by atomic mass is 19.1. The van der Waals surface area contributed by atoms with Crippen LogP contribution in [0.15, 0.2) is 30.6 Å². The van der Waals surface area contributed by atoms with Crippen molar-refractivity contribution in [3.8, 4) is 0 Å². The Morgan fingerprint density at radius 3 is 2.75 bits per heavy atom. The molecule has 20 heavy (non-hydrogen) atoms. The van der Waals surface area contributed by atoms with E-state index in [1.165, 1.54) is 23.1 Å². The normalized spacial score (nSPS) is 12.1. The van der Waals surface area contributed by atoms with Gasteiger partial charge in [0.05, 0.1) is 12.6 Å². The Morgan fingerprint density at radius 2 is 2.15 bits per heavy atom. The molecule has 0 spiro atoms. The van der Waals surface area contributed by atoms with Gasteiger partial charge in [0.2, 0.25) is 5.91 Å². The van der Waals surface area contributed by atoms with Crippen molar-refractivity contribution in [1.82, 2.24) is 25.5 Å². The number of carbonyl (C=O) groups excluding carboxylic acids is 1. The van der Waals surface area contributed by atoms with Gasteiger partial charge in [0, 0.05) is 6.42 Å². The van der Waals surface area contributed by atoms with Crippen molar-refractivity contribution in [2.24, 2.45) is 0 Å². The van der Waals surface area contributed by atoms with Gasteiger partial charge in [0.25, 0.3) is 0 Å². The van der Waals surface area contributed by atoms with Gasteiger partial charge in [-0.25, -0.2) is 9.07 Å². The SMILES string of the molecule is CC[C@H](NC(=O)CCn1cnnn1)c1ccc(F)cc1.